The predicted octanol–water partition coefficient (Wildman–Crippen LogP) is 8.83. The summed E-state index contributed by atoms with van der Waals surface area (Å²) >= 11 is 0. The highest BCUT2D eigenvalue weighted by Crippen LogP contribution is 2.65. The fourth-order valence-corrected chi connectivity index (χ4v) is 8.87. The first-order chi connectivity index (χ1) is 17.7. The lowest BCUT2D eigenvalue weighted by atomic mass is 9.82. The molecule has 212 valence electrons. The Bertz CT molecular complexity index is 965. The minimum Gasteiger partial charge on any atom is -0.458 e. The third kappa shape index (κ3) is 8.86. The van der Waals surface area contributed by atoms with E-state index >= 15 is 0 Å². The highest BCUT2D eigenvalue weighted by atomic mass is 32.3. The van der Waals surface area contributed by atoms with Gasteiger partial charge in [0.05, 0.1) is 13.2 Å². The van der Waals surface area contributed by atoms with Crippen LogP contribution < -0.4 is 0 Å². The highest BCUT2D eigenvalue weighted by molar-refractivity contribution is 8.30. The number of ether oxygens (including phenoxy) is 2. The van der Waals surface area contributed by atoms with E-state index in [0.717, 1.165) is 31.6 Å². The molecule has 0 radical (unpaired) electrons. The van der Waals surface area contributed by atoms with Crippen LogP contribution in [0.5, 0.6) is 0 Å². The Morgan fingerprint density at radius 2 is 1.29 bits per heavy atom. The van der Waals surface area contributed by atoms with Crippen molar-refractivity contribution in [3.63, 3.8) is 0 Å². The average Bonchev–Trinajstić information content (AvgIpc) is 2.85. The second kappa shape index (κ2) is 12.6. The summed E-state index contributed by atoms with van der Waals surface area (Å²) < 4.78 is 18.9. The van der Waals surface area contributed by atoms with Gasteiger partial charge in [-0.25, -0.2) is 4.79 Å². The van der Waals surface area contributed by atoms with Crippen molar-refractivity contribution in [3.05, 3.63) is 60.7 Å². The molecule has 38 heavy (non-hydrogen) atoms. The van der Waals surface area contributed by atoms with Gasteiger partial charge in [-0.2, -0.15) is 0 Å². The van der Waals surface area contributed by atoms with Crippen LogP contribution in [0.4, 0.5) is 0 Å². The van der Waals surface area contributed by atoms with Gasteiger partial charge in [-0.3, -0.25) is 0 Å². The number of carbonyl (C=O) groups is 1. The fourth-order valence-electron chi connectivity index (χ4n) is 5.07. The SMILES string of the molecule is CC(C)(C)CS(OCC1CCCC(COC(C)(C)C(=O)OC(C)(C)C)C1)(c1ccccc1)c1ccccc1. The molecule has 0 saturated heterocycles. The van der Waals surface area contributed by atoms with E-state index in [9.17, 15) is 4.79 Å². The van der Waals surface area contributed by atoms with Crippen LogP contribution in [-0.4, -0.2) is 36.1 Å². The molecule has 0 N–H and O–H groups in total. The van der Waals surface area contributed by atoms with Crippen molar-refractivity contribution in [1.82, 2.24) is 0 Å². The molecular formula is C33H50O4S. The van der Waals surface area contributed by atoms with E-state index in [2.05, 4.69) is 81.4 Å². The molecule has 0 spiro atoms. The topological polar surface area (TPSA) is 44.8 Å². The van der Waals surface area contributed by atoms with Crippen molar-refractivity contribution in [2.45, 2.75) is 102 Å². The first-order valence-electron chi connectivity index (χ1n) is 14.1. The zero-order valence-corrected chi connectivity index (χ0v) is 25.7. The molecule has 2 aromatic carbocycles. The van der Waals surface area contributed by atoms with Crippen LogP contribution in [0, 0.1) is 17.3 Å². The van der Waals surface area contributed by atoms with E-state index in [1.807, 2.05) is 34.6 Å². The third-order valence-electron chi connectivity index (χ3n) is 6.85. The van der Waals surface area contributed by atoms with Crippen molar-refractivity contribution in [3.8, 4) is 0 Å². The van der Waals surface area contributed by atoms with E-state index in [0.29, 0.717) is 18.4 Å². The van der Waals surface area contributed by atoms with E-state index in [4.69, 9.17) is 13.7 Å². The summed E-state index contributed by atoms with van der Waals surface area (Å²) in [5.41, 5.74) is -1.37. The molecule has 3 rings (SSSR count). The smallest absolute Gasteiger partial charge is 0.338 e. The molecule has 1 aliphatic rings. The summed E-state index contributed by atoms with van der Waals surface area (Å²) in [6, 6.07) is 21.7. The summed E-state index contributed by atoms with van der Waals surface area (Å²) in [6.45, 7) is 17.5. The molecule has 4 nitrogen and oxygen atoms in total. The lowest BCUT2D eigenvalue weighted by Crippen LogP contribution is -2.42. The summed E-state index contributed by atoms with van der Waals surface area (Å²) in [6.07, 6.45) is 4.51. The lowest BCUT2D eigenvalue weighted by Gasteiger charge is -2.45. The molecule has 2 atom stereocenters. The van der Waals surface area contributed by atoms with Crippen molar-refractivity contribution in [1.29, 1.82) is 0 Å². The fraction of sp³-hybridized carbons (Fsp3) is 0.606. The number of benzene rings is 2. The van der Waals surface area contributed by atoms with Gasteiger partial charge in [-0.1, -0.05) is 73.9 Å². The third-order valence-corrected chi connectivity index (χ3v) is 10.7. The predicted molar refractivity (Wildman–Crippen MR) is 159 cm³/mol. The number of hydrogen-bond acceptors (Lipinski definition) is 4. The lowest BCUT2D eigenvalue weighted by molar-refractivity contribution is -0.181. The molecule has 5 heteroatoms. The Morgan fingerprint density at radius 1 is 0.789 bits per heavy atom. The first-order valence-corrected chi connectivity index (χ1v) is 15.9. The molecular weight excluding hydrogens is 492 g/mol. The summed E-state index contributed by atoms with van der Waals surface area (Å²) in [5.74, 6) is 1.56. The number of rotatable bonds is 10. The van der Waals surface area contributed by atoms with Gasteiger partial charge in [0.15, 0.2) is 5.60 Å². The summed E-state index contributed by atoms with van der Waals surface area (Å²) in [4.78, 5) is 15.2. The molecule has 0 heterocycles. The van der Waals surface area contributed by atoms with Crippen LogP contribution in [0.15, 0.2) is 70.5 Å². The largest absolute Gasteiger partial charge is 0.458 e. The van der Waals surface area contributed by atoms with Gasteiger partial charge in [0, 0.05) is 15.5 Å². The Hall–Kier alpha value is -1.82. The molecule has 0 bridgehead atoms. The number of carbonyl (C=O) groups excluding carboxylic acids is 1. The normalized spacial score (nSPS) is 19.7. The Labute approximate surface area is 233 Å². The molecule has 1 saturated carbocycles. The summed E-state index contributed by atoms with van der Waals surface area (Å²) in [7, 11) is -1.69. The van der Waals surface area contributed by atoms with Crippen LogP contribution in [0.3, 0.4) is 0 Å². The second-order valence-corrected chi connectivity index (χ2v) is 16.3. The molecule has 0 aliphatic heterocycles. The maximum Gasteiger partial charge on any atom is 0.338 e. The van der Waals surface area contributed by atoms with Gasteiger partial charge >= 0.3 is 5.97 Å². The molecule has 0 aromatic heterocycles. The molecule has 0 amide bonds. The van der Waals surface area contributed by atoms with Crippen molar-refractivity contribution < 1.29 is 18.5 Å². The van der Waals surface area contributed by atoms with Crippen LogP contribution >= 0.6 is 10.3 Å². The molecule has 1 fully saturated rings. The van der Waals surface area contributed by atoms with Gasteiger partial charge in [-0.05, 0) is 95.4 Å². The van der Waals surface area contributed by atoms with Gasteiger partial charge in [0.2, 0.25) is 0 Å². The Morgan fingerprint density at radius 3 is 1.76 bits per heavy atom. The standard InChI is InChI=1S/C33H50O4S/c1-31(2,3)25-38(28-18-11-9-12-19-28,29-20-13-10-14-21-29)36-24-27-17-15-16-26(22-27)23-35-33(7,8)30(34)37-32(4,5)6/h9-14,18-21,26-27H,15-17,22-25H2,1-8H3. The van der Waals surface area contributed by atoms with Gasteiger partial charge in [0.25, 0.3) is 0 Å². The van der Waals surface area contributed by atoms with Crippen molar-refractivity contribution in [2.24, 2.45) is 17.3 Å². The van der Waals surface area contributed by atoms with E-state index in [-0.39, 0.29) is 11.4 Å². The number of hydrogen-bond donors (Lipinski definition) is 0. The van der Waals surface area contributed by atoms with Crippen LogP contribution in [0.1, 0.15) is 81.1 Å². The van der Waals surface area contributed by atoms with Gasteiger partial charge in [0.1, 0.15) is 5.60 Å². The Kier molecular flexibility index (Phi) is 10.2. The quantitative estimate of drug-likeness (QED) is 0.281. The molecule has 2 aromatic rings. The van der Waals surface area contributed by atoms with Crippen LogP contribution in [0.2, 0.25) is 0 Å². The van der Waals surface area contributed by atoms with Crippen LogP contribution in [0.25, 0.3) is 0 Å². The number of esters is 1. The van der Waals surface area contributed by atoms with E-state index < -0.39 is 21.5 Å². The van der Waals surface area contributed by atoms with E-state index in [1.54, 1.807) is 0 Å². The molecule has 2 unspecified atom stereocenters. The highest BCUT2D eigenvalue weighted by Gasteiger charge is 2.37. The maximum absolute atomic E-state index is 12.6. The Balaban J connectivity index is 1.73. The van der Waals surface area contributed by atoms with Gasteiger partial charge < -0.3 is 13.7 Å². The van der Waals surface area contributed by atoms with E-state index in [1.165, 1.54) is 16.2 Å². The second-order valence-electron chi connectivity index (χ2n) is 13.5. The molecule has 1 aliphatic carbocycles. The monoisotopic (exact) mass is 542 g/mol. The minimum atomic E-state index is -1.69. The minimum absolute atomic E-state index is 0.108. The zero-order chi connectivity index (χ0) is 28.0. The summed E-state index contributed by atoms with van der Waals surface area (Å²) in [5, 5.41) is 0. The van der Waals surface area contributed by atoms with Gasteiger partial charge in [-0.15, -0.1) is 0 Å². The average molecular weight is 543 g/mol. The van der Waals surface area contributed by atoms with Crippen LogP contribution in [-0.2, 0) is 18.5 Å². The van der Waals surface area contributed by atoms with Crippen molar-refractivity contribution >= 4 is 16.3 Å². The maximum atomic E-state index is 12.6. The first kappa shape index (κ1) is 30.7. The van der Waals surface area contributed by atoms with Crippen molar-refractivity contribution in [2.75, 3.05) is 19.0 Å². The zero-order valence-electron chi connectivity index (χ0n) is 24.9.